The smallest absolute Gasteiger partial charge is 0.321 e. The van der Waals surface area contributed by atoms with Crippen molar-refractivity contribution in [2.75, 3.05) is 18.9 Å². The number of aromatic nitrogens is 2. The Labute approximate surface area is 187 Å². The molecule has 2 aromatic carbocycles. The van der Waals surface area contributed by atoms with E-state index in [4.69, 9.17) is 0 Å². The molecule has 3 rings (SSSR count). The third-order valence-corrected chi connectivity index (χ3v) is 6.40. The Morgan fingerprint density at radius 2 is 1.87 bits per heavy atom. The highest BCUT2D eigenvalue weighted by Crippen LogP contribution is 2.28. The van der Waals surface area contributed by atoms with Crippen molar-refractivity contribution in [3.05, 3.63) is 68.8 Å². The average Bonchev–Trinajstić information content (AvgIpc) is 3.06. The quantitative estimate of drug-likeness (QED) is 0.514. The zero-order chi connectivity index (χ0) is 22.0. The number of urea groups is 1. The normalized spacial score (nSPS) is 10.9. The van der Waals surface area contributed by atoms with E-state index in [1.165, 1.54) is 27.8 Å². The van der Waals surface area contributed by atoms with Gasteiger partial charge in [-0.3, -0.25) is 4.68 Å². The molecule has 0 saturated heterocycles. The molecule has 1 aromatic heterocycles. The minimum Gasteiger partial charge on any atom is -0.327 e. The molecule has 0 spiro atoms. The van der Waals surface area contributed by atoms with E-state index >= 15 is 0 Å². The van der Waals surface area contributed by atoms with Crippen LogP contribution in [0.5, 0.6) is 0 Å². The lowest BCUT2D eigenvalue weighted by atomic mass is 9.93. The van der Waals surface area contributed by atoms with E-state index in [0.717, 1.165) is 27.8 Å². The standard InChI is InChI=1S/C24H29BrN4O/c1-15-12-19(18(4)17(3)16(15)2)10-11-28(5)24(30)26-21-9-7-8-20(13-21)23-22(25)14-29(6)27-23/h7-9,12-14H,10-11H2,1-6H3,(H,26,30). The number of anilines is 1. The number of carbonyl (C=O) groups is 1. The van der Waals surface area contributed by atoms with Crippen molar-refractivity contribution in [3.63, 3.8) is 0 Å². The van der Waals surface area contributed by atoms with Gasteiger partial charge in [0.25, 0.3) is 0 Å². The number of benzene rings is 2. The predicted octanol–water partition coefficient (Wildman–Crippen LogP) is 5.79. The highest BCUT2D eigenvalue weighted by atomic mass is 79.9. The first-order valence-corrected chi connectivity index (χ1v) is 10.8. The summed E-state index contributed by atoms with van der Waals surface area (Å²) < 4.78 is 2.68. The van der Waals surface area contributed by atoms with Gasteiger partial charge in [-0.2, -0.15) is 5.10 Å². The van der Waals surface area contributed by atoms with Gasteiger partial charge in [0, 0.05) is 38.1 Å². The zero-order valence-corrected chi connectivity index (χ0v) is 20.1. The average molecular weight is 469 g/mol. The number of halogens is 1. The number of nitrogens with zero attached hydrogens (tertiary/aromatic N) is 3. The summed E-state index contributed by atoms with van der Waals surface area (Å²) in [6.07, 6.45) is 2.74. The first-order chi connectivity index (χ1) is 14.2. The summed E-state index contributed by atoms with van der Waals surface area (Å²) >= 11 is 3.54. The summed E-state index contributed by atoms with van der Waals surface area (Å²) in [7, 11) is 3.71. The molecule has 0 aliphatic carbocycles. The maximum Gasteiger partial charge on any atom is 0.321 e. The summed E-state index contributed by atoms with van der Waals surface area (Å²) in [5.74, 6) is 0. The van der Waals surface area contributed by atoms with Crippen molar-refractivity contribution in [3.8, 4) is 11.3 Å². The van der Waals surface area contributed by atoms with E-state index < -0.39 is 0 Å². The van der Waals surface area contributed by atoms with Crippen LogP contribution in [0.15, 0.2) is 41.0 Å². The maximum absolute atomic E-state index is 12.7. The molecule has 1 heterocycles. The molecule has 1 N–H and O–H groups in total. The van der Waals surface area contributed by atoms with E-state index in [2.05, 4.69) is 60.1 Å². The van der Waals surface area contributed by atoms with Crippen LogP contribution in [0.1, 0.15) is 27.8 Å². The van der Waals surface area contributed by atoms with Crippen molar-refractivity contribution in [2.45, 2.75) is 34.1 Å². The lowest BCUT2D eigenvalue weighted by Crippen LogP contribution is -2.33. The van der Waals surface area contributed by atoms with Crippen LogP contribution in [0.2, 0.25) is 0 Å². The largest absolute Gasteiger partial charge is 0.327 e. The van der Waals surface area contributed by atoms with Gasteiger partial charge in [0.2, 0.25) is 0 Å². The van der Waals surface area contributed by atoms with Gasteiger partial charge < -0.3 is 10.2 Å². The number of hydrogen-bond donors (Lipinski definition) is 1. The van der Waals surface area contributed by atoms with Crippen LogP contribution in [0.4, 0.5) is 10.5 Å². The fraction of sp³-hybridized carbons (Fsp3) is 0.333. The molecule has 0 radical (unpaired) electrons. The Balaban J connectivity index is 1.67. The fourth-order valence-corrected chi connectivity index (χ4v) is 4.17. The fourth-order valence-electron chi connectivity index (χ4n) is 3.56. The van der Waals surface area contributed by atoms with Gasteiger partial charge in [0.1, 0.15) is 5.69 Å². The Bertz CT molecular complexity index is 1090. The molecule has 0 atom stereocenters. The van der Waals surface area contributed by atoms with Crippen molar-refractivity contribution < 1.29 is 4.79 Å². The maximum atomic E-state index is 12.7. The summed E-state index contributed by atoms with van der Waals surface area (Å²) in [5, 5.41) is 7.47. The van der Waals surface area contributed by atoms with E-state index in [9.17, 15) is 4.79 Å². The Hall–Kier alpha value is -2.60. The van der Waals surface area contributed by atoms with Crippen molar-refractivity contribution in [1.82, 2.24) is 14.7 Å². The van der Waals surface area contributed by atoms with E-state index in [-0.39, 0.29) is 6.03 Å². The SMILES string of the molecule is Cc1cc(CCN(C)C(=O)Nc2cccc(-c3nn(C)cc3Br)c2)c(C)c(C)c1C. The van der Waals surface area contributed by atoms with Crippen molar-refractivity contribution in [1.29, 1.82) is 0 Å². The van der Waals surface area contributed by atoms with Crippen LogP contribution in [-0.2, 0) is 13.5 Å². The highest BCUT2D eigenvalue weighted by molar-refractivity contribution is 9.10. The van der Waals surface area contributed by atoms with Gasteiger partial charge in [0.05, 0.1) is 4.47 Å². The second-order valence-corrected chi connectivity index (χ2v) is 8.76. The van der Waals surface area contributed by atoms with Crippen LogP contribution < -0.4 is 5.32 Å². The summed E-state index contributed by atoms with van der Waals surface area (Å²) in [5.41, 5.74) is 9.17. The number of hydrogen-bond acceptors (Lipinski definition) is 2. The van der Waals surface area contributed by atoms with E-state index in [1.807, 2.05) is 44.6 Å². The van der Waals surface area contributed by atoms with Crippen molar-refractivity contribution >= 4 is 27.6 Å². The summed E-state index contributed by atoms with van der Waals surface area (Å²) in [4.78, 5) is 14.4. The van der Waals surface area contributed by atoms with Crippen LogP contribution in [0, 0.1) is 27.7 Å². The molecule has 0 fully saturated rings. The van der Waals surface area contributed by atoms with Gasteiger partial charge in [-0.25, -0.2) is 4.79 Å². The highest BCUT2D eigenvalue weighted by Gasteiger charge is 2.13. The van der Waals surface area contributed by atoms with Gasteiger partial charge >= 0.3 is 6.03 Å². The number of carbonyl (C=O) groups excluding carboxylic acids is 1. The molecule has 3 aromatic rings. The number of amides is 2. The first kappa shape index (κ1) is 22.1. The summed E-state index contributed by atoms with van der Waals surface area (Å²) in [6.45, 7) is 9.30. The van der Waals surface area contributed by atoms with Crippen LogP contribution >= 0.6 is 15.9 Å². The third-order valence-electron chi connectivity index (χ3n) is 5.82. The Kier molecular flexibility index (Phi) is 6.66. The van der Waals surface area contributed by atoms with E-state index in [1.54, 1.807) is 9.58 Å². The lowest BCUT2D eigenvalue weighted by molar-refractivity contribution is 0.223. The molecule has 0 aliphatic heterocycles. The lowest BCUT2D eigenvalue weighted by Gasteiger charge is -2.20. The minimum absolute atomic E-state index is 0.120. The summed E-state index contributed by atoms with van der Waals surface area (Å²) in [6, 6.07) is 9.87. The van der Waals surface area contributed by atoms with Crippen LogP contribution in [-0.4, -0.2) is 34.3 Å². The monoisotopic (exact) mass is 468 g/mol. The number of rotatable bonds is 5. The molecule has 158 valence electrons. The number of aryl methyl sites for hydroxylation is 2. The molecule has 0 unspecified atom stereocenters. The van der Waals surface area contributed by atoms with Gasteiger partial charge in [-0.1, -0.05) is 18.2 Å². The molecule has 5 nitrogen and oxygen atoms in total. The predicted molar refractivity (Wildman–Crippen MR) is 127 cm³/mol. The van der Waals surface area contributed by atoms with Gasteiger partial charge in [-0.15, -0.1) is 0 Å². The molecular formula is C24H29BrN4O. The minimum atomic E-state index is -0.120. The van der Waals surface area contributed by atoms with Crippen LogP contribution in [0.25, 0.3) is 11.3 Å². The molecule has 2 amide bonds. The van der Waals surface area contributed by atoms with Crippen LogP contribution in [0.3, 0.4) is 0 Å². The Morgan fingerprint density at radius 3 is 2.53 bits per heavy atom. The molecule has 0 bridgehead atoms. The van der Waals surface area contributed by atoms with Gasteiger partial charge in [0.15, 0.2) is 0 Å². The topological polar surface area (TPSA) is 50.2 Å². The number of likely N-dealkylation sites (N-methyl/N-ethyl adjacent to an activating group) is 1. The molecule has 0 saturated carbocycles. The van der Waals surface area contributed by atoms with Crippen molar-refractivity contribution in [2.24, 2.45) is 7.05 Å². The molecule has 6 heteroatoms. The second-order valence-electron chi connectivity index (χ2n) is 7.91. The first-order valence-electron chi connectivity index (χ1n) is 10.1. The Morgan fingerprint density at radius 1 is 1.13 bits per heavy atom. The zero-order valence-electron chi connectivity index (χ0n) is 18.5. The third kappa shape index (κ3) is 4.75. The molecule has 30 heavy (non-hydrogen) atoms. The number of nitrogens with one attached hydrogen (secondary N) is 1. The molecule has 0 aliphatic rings. The van der Waals surface area contributed by atoms with Gasteiger partial charge in [-0.05, 0) is 90.0 Å². The molecular weight excluding hydrogens is 440 g/mol. The van der Waals surface area contributed by atoms with E-state index in [0.29, 0.717) is 6.54 Å². The second kappa shape index (κ2) is 9.04.